The molecule has 0 bridgehead atoms. The Morgan fingerprint density at radius 3 is 1.05 bits per heavy atom. The summed E-state index contributed by atoms with van der Waals surface area (Å²) in [4.78, 5) is 51.5. The Labute approximate surface area is 531 Å². The second-order valence-electron chi connectivity index (χ2n) is 24.2. The van der Waals surface area contributed by atoms with Crippen molar-refractivity contribution in [1.82, 2.24) is 0 Å². The van der Waals surface area contributed by atoms with E-state index >= 15 is 0 Å². The van der Waals surface area contributed by atoms with Gasteiger partial charge in [0.05, 0.1) is 6.61 Å². The third-order valence-corrected chi connectivity index (χ3v) is 15.9. The second-order valence-corrected chi connectivity index (χ2v) is 24.2. The van der Waals surface area contributed by atoms with Crippen molar-refractivity contribution in [2.45, 2.75) is 353 Å². The number of carboxylic acid groups (broad SMARTS) is 1. The lowest BCUT2D eigenvalue weighted by Crippen LogP contribution is -2.61. The number of unbranched alkanes of at least 4 members (excludes halogenated alkanes) is 33. The first-order valence-electron chi connectivity index (χ1n) is 35.6. The van der Waals surface area contributed by atoms with Gasteiger partial charge in [-0.2, -0.15) is 0 Å². The van der Waals surface area contributed by atoms with Gasteiger partial charge < -0.3 is 39.0 Å². The largest absolute Gasteiger partial charge is 0.479 e. The molecule has 1 fully saturated rings. The lowest BCUT2D eigenvalue weighted by Gasteiger charge is -2.40. The highest BCUT2D eigenvalue weighted by atomic mass is 16.7. The van der Waals surface area contributed by atoms with Crippen molar-refractivity contribution in [2.24, 2.45) is 0 Å². The zero-order chi connectivity index (χ0) is 63.1. The monoisotopic (exact) mass is 1220 g/mol. The van der Waals surface area contributed by atoms with Crippen LogP contribution >= 0.6 is 0 Å². The zero-order valence-corrected chi connectivity index (χ0v) is 55.5. The van der Waals surface area contributed by atoms with Crippen molar-refractivity contribution < 1.29 is 58.2 Å². The van der Waals surface area contributed by atoms with Crippen molar-refractivity contribution in [3.05, 3.63) is 85.1 Å². The van der Waals surface area contributed by atoms with Crippen LogP contribution in [0, 0.1) is 0 Å². The lowest BCUT2D eigenvalue weighted by molar-refractivity contribution is -0.301. The van der Waals surface area contributed by atoms with Crippen LogP contribution in [-0.4, -0.2) is 89.2 Å². The Kier molecular flexibility index (Phi) is 57.8. The first-order valence-corrected chi connectivity index (χ1v) is 35.6. The van der Waals surface area contributed by atoms with Crippen molar-refractivity contribution in [3.8, 4) is 0 Å². The number of carboxylic acids is 1. The maximum atomic E-state index is 13.3. The lowest BCUT2D eigenvalue weighted by atomic mass is 9.98. The number of hydrogen-bond acceptors (Lipinski definition) is 11. The number of hydrogen-bond donors (Lipinski definition) is 3. The van der Waals surface area contributed by atoms with Gasteiger partial charge in [0, 0.05) is 19.3 Å². The first-order chi connectivity index (χ1) is 42.6. The fourth-order valence-electron chi connectivity index (χ4n) is 10.4. The molecule has 1 rings (SSSR count). The third-order valence-electron chi connectivity index (χ3n) is 15.9. The predicted octanol–water partition coefficient (Wildman–Crippen LogP) is 19.8. The van der Waals surface area contributed by atoms with E-state index in [9.17, 15) is 34.5 Å². The number of aliphatic hydroxyl groups is 2. The van der Waals surface area contributed by atoms with Gasteiger partial charge in [-0.3, -0.25) is 14.4 Å². The van der Waals surface area contributed by atoms with Crippen LogP contribution in [0.4, 0.5) is 0 Å². The molecule has 0 spiro atoms. The fraction of sp³-hybridized carbons (Fsp3) is 0.760. The van der Waals surface area contributed by atoms with Crippen molar-refractivity contribution in [1.29, 1.82) is 0 Å². The molecule has 1 aliphatic rings. The summed E-state index contributed by atoms with van der Waals surface area (Å²) in [5.74, 6) is -3.13. The Morgan fingerprint density at radius 1 is 0.379 bits per heavy atom. The molecule has 87 heavy (non-hydrogen) atoms. The normalized spacial score (nSPS) is 17.8. The highest BCUT2D eigenvalue weighted by molar-refractivity contribution is 5.74. The van der Waals surface area contributed by atoms with Gasteiger partial charge in [-0.1, -0.05) is 260 Å². The van der Waals surface area contributed by atoms with Crippen LogP contribution < -0.4 is 0 Å². The van der Waals surface area contributed by atoms with Crippen LogP contribution in [0.2, 0.25) is 0 Å². The Bertz CT molecular complexity index is 1830. The Hall–Kier alpha value is -4.10. The quantitative estimate of drug-likeness (QED) is 0.0228. The molecular formula is C75H128O12. The molecule has 6 unspecified atom stereocenters. The second kappa shape index (κ2) is 62.1. The molecule has 1 heterocycles. The van der Waals surface area contributed by atoms with E-state index in [1.807, 2.05) is 0 Å². The molecule has 0 aromatic heterocycles. The van der Waals surface area contributed by atoms with E-state index in [1.165, 1.54) is 128 Å². The van der Waals surface area contributed by atoms with E-state index < -0.39 is 67.3 Å². The van der Waals surface area contributed by atoms with Gasteiger partial charge in [0.2, 0.25) is 0 Å². The van der Waals surface area contributed by atoms with Gasteiger partial charge in [0.15, 0.2) is 24.6 Å². The van der Waals surface area contributed by atoms with E-state index in [0.717, 1.165) is 128 Å². The molecule has 0 aromatic carbocycles. The van der Waals surface area contributed by atoms with Crippen LogP contribution in [0.25, 0.3) is 0 Å². The Balaban J connectivity index is 2.65. The number of carbonyl (C=O) groups is 4. The molecule has 0 radical (unpaired) electrons. The fourth-order valence-corrected chi connectivity index (χ4v) is 10.4. The number of allylic oxidation sites excluding steroid dienone is 14. The number of ether oxygens (including phenoxy) is 5. The number of rotatable bonds is 61. The maximum absolute atomic E-state index is 13.3. The molecule has 12 heteroatoms. The van der Waals surface area contributed by atoms with Gasteiger partial charge in [-0.15, -0.1) is 0 Å². The number of esters is 3. The summed E-state index contributed by atoms with van der Waals surface area (Å²) in [5, 5.41) is 31.7. The summed E-state index contributed by atoms with van der Waals surface area (Å²) in [5.41, 5.74) is 0. The smallest absolute Gasteiger partial charge is 0.335 e. The SMILES string of the molecule is CCCCC/C=C\C/C=C\C/C=C\CCCCCCCCC(=O)OCC(COC1OC(C(=O)O)C(O)C(O)C1OC(=O)CCCCCCCCCCC/C=C\C/C=C\CCCCC)OC(=O)CCCCCCCCCCC/C=C\C/C=C\CCCCC. The van der Waals surface area contributed by atoms with Crippen LogP contribution in [0.1, 0.15) is 316 Å². The van der Waals surface area contributed by atoms with Crippen LogP contribution in [-0.2, 0) is 42.9 Å². The van der Waals surface area contributed by atoms with Gasteiger partial charge >= 0.3 is 23.9 Å². The molecule has 1 saturated heterocycles. The van der Waals surface area contributed by atoms with Gasteiger partial charge in [0.1, 0.15) is 18.8 Å². The van der Waals surface area contributed by atoms with Gasteiger partial charge in [-0.25, -0.2) is 4.79 Å². The first kappa shape index (κ1) is 80.9. The molecule has 1 aliphatic heterocycles. The molecular weight excluding hydrogens is 1090 g/mol. The maximum Gasteiger partial charge on any atom is 0.335 e. The average molecular weight is 1220 g/mol. The summed E-state index contributed by atoms with van der Waals surface area (Å²) in [7, 11) is 0. The van der Waals surface area contributed by atoms with Crippen LogP contribution in [0.3, 0.4) is 0 Å². The zero-order valence-electron chi connectivity index (χ0n) is 55.5. The highest BCUT2D eigenvalue weighted by Gasteiger charge is 2.50. The Morgan fingerprint density at radius 2 is 0.690 bits per heavy atom. The number of carbonyl (C=O) groups excluding carboxylic acids is 3. The molecule has 0 aliphatic carbocycles. The number of aliphatic hydroxyl groups excluding tert-OH is 2. The molecule has 6 atom stereocenters. The summed E-state index contributed by atoms with van der Waals surface area (Å²) in [6.07, 6.45) is 69.5. The van der Waals surface area contributed by atoms with Gasteiger partial charge in [-0.05, 0) is 122 Å². The summed E-state index contributed by atoms with van der Waals surface area (Å²) in [6, 6.07) is 0. The minimum absolute atomic E-state index is 0.0521. The molecule has 500 valence electrons. The van der Waals surface area contributed by atoms with E-state index in [2.05, 4.69) is 106 Å². The van der Waals surface area contributed by atoms with E-state index in [1.54, 1.807) is 0 Å². The standard InChI is InChI=1S/C75H128O12/c1-4-7-10-13-16-19-22-25-28-31-34-37-40-43-46-49-52-55-58-61-67(76)83-64-66(85-68(77)62-59-56-53-50-47-44-41-38-35-32-29-26-23-20-17-14-11-8-5-2)65-84-75-73(71(80)70(79)72(87-75)74(81)82)86-69(78)63-60-57-54-51-48-45-42-39-36-33-30-27-24-21-18-15-12-9-6-3/h16-21,25-30,34,37,66,70-73,75,79-80H,4-15,22-24,31-33,35-36,38-65H2,1-3H3,(H,81,82)/b19-16-,20-17-,21-18-,28-25-,29-26-,30-27-,37-34-. The van der Waals surface area contributed by atoms with E-state index in [0.29, 0.717) is 19.3 Å². The van der Waals surface area contributed by atoms with Crippen LogP contribution in [0.5, 0.6) is 0 Å². The summed E-state index contributed by atoms with van der Waals surface area (Å²) >= 11 is 0. The van der Waals surface area contributed by atoms with Crippen molar-refractivity contribution >= 4 is 23.9 Å². The molecule has 0 amide bonds. The third kappa shape index (κ3) is 51.4. The van der Waals surface area contributed by atoms with E-state index in [-0.39, 0.29) is 25.9 Å². The van der Waals surface area contributed by atoms with Crippen molar-refractivity contribution in [3.63, 3.8) is 0 Å². The summed E-state index contributed by atoms with van der Waals surface area (Å²) in [6.45, 7) is 5.95. The molecule has 0 aromatic rings. The van der Waals surface area contributed by atoms with Crippen molar-refractivity contribution in [2.75, 3.05) is 13.2 Å². The molecule has 0 saturated carbocycles. The average Bonchev–Trinajstić information content (AvgIpc) is 2.56. The molecule has 3 N–H and O–H groups in total. The number of aliphatic carboxylic acids is 1. The summed E-state index contributed by atoms with van der Waals surface area (Å²) < 4.78 is 28.6. The highest BCUT2D eigenvalue weighted by Crippen LogP contribution is 2.27. The minimum Gasteiger partial charge on any atom is -0.479 e. The van der Waals surface area contributed by atoms with Crippen LogP contribution in [0.15, 0.2) is 85.1 Å². The molecule has 12 nitrogen and oxygen atoms in total. The minimum atomic E-state index is -1.91. The van der Waals surface area contributed by atoms with Gasteiger partial charge in [0.25, 0.3) is 0 Å². The van der Waals surface area contributed by atoms with E-state index in [4.69, 9.17) is 23.7 Å². The topological polar surface area (TPSA) is 175 Å². The predicted molar refractivity (Wildman–Crippen MR) is 358 cm³/mol.